The van der Waals surface area contributed by atoms with E-state index in [-0.39, 0.29) is 0 Å². The van der Waals surface area contributed by atoms with Crippen molar-refractivity contribution < 1.29 is 14.3 Å². The summed E-state index contributed by atoms with van der Waals surface area (Å²) in [6.07, 6.45) is 0. The Labute approximate surface area is 122 Å². The molecule has 1 amide bonds. The molecule has 0 bridgehead atoms. The van der Waals surface area contributed by atoms with Crippen LogP contribution in [0.2, 0.25) is 5.02 Å². The van der Waals surface area contributed by atoms with E-state index in [0.29, 0.717) is 15.2 Å². The first-order valence-electron chi connectivity index (χ1n) is 5.23. The number of phenolic OH excluding ortho intramolecular Hbond substituents is 1. The lowest BCUT2D eigenvalue weighted by atomic mass is 10.1. The van der Waals surface area contributed by atoms with Crippen LogP contribution in [0, 0.1) is 5.82 Å². The van der Waals surface area contributed by atoms with Gasteiger partial charge in [0.25, 0.3) is 5.91 Å². The Kier molecular flexibility index (Phi) is 4.07. The smallest absolute Gasteiger partial charge is 0.262 e. The standard InChI is InChI=1S/C13H8BrClFNO2/c14-8-5-4-7(6-9(8)15)17-13(19)12-10(16)2-1-3-11(12)18/h1-6,18H,(H,17,19). The molecule has 2 aromatic carbocycles. The number of carbonyl (C=O) groups is 1. The van der Waals surface area contributed by atoms with E-state index < -0.39 is 23.0 Å². The SMILES string of the molecule is O=C(Nc1ccc(Br)c(Cl)c1)c1c(O)cccc1F. The predicted molar refractivity (Wildman–Crippen MR) is 75.2 cm³/mol. The maximum Gasteiger partial charge on any atom is 0.262 e. The van der Waals surface area contributed by atoms with Gasteiger partial charge >= 0.3 is 0 Å². The van der Waals surface area contributed by atoms with Gasteiger partial charge in [0.2, 0.25) is 0 Å². The van der Waals surface area contributed by atoms with Crippen molar-refractivity contribution >= 4 is 39.1 Å². The number of halogens is 3. The topological polar surface area (TPSA) is 49.3 Å². The molecule has 0 saturated heterocycles. The summed E-state index contributed by atoms with van der Waals surface area (Å²) < 4.78 is 14.2. The van der Waals surface area contributed by atoms with Crippen LogP contribution < -0.4 is 5.32 Å². The lowest BCUT2D eigenvalue weighted by Crippen LogP contribution is -2.14. The monoisotopic (exact) mass is 343 g/mol. The Morgan fingerprint density at radius 1 is 1.32 bits per heavy atom. The fraction of sp³-hybridized carbons (Fsp3) is 0. The minimum Gasteiger partial charge on any atom is -0.507 e. The van der Waals surface area contributed by atoms with Gasteiger partial charge in [-0.05, 0) is 46.3 Å². The summed E-state index contributed by atoms with van der Waals surface area (Å²) in [5.74, 6) is -1.95. The molecule has 2 rings (SSSR count). The Hall–Kier alpha value is -1.59. The third-order valence-electron chi connectivity index (χ3n) is 2.40. The highest BCUT2D eigenvalue weighted by molar-refractivity contribution is 9.10. The van der Waals surface area contributed by atoms with Gasteiger partial charge in [0, 0.05) is 10.2 Å². The third-order valence-corrected chi connectivity index (χ3v) is 3.63. The molecule has 0 aliphatic heterocycles. The Bertz CT molecular complexity index is 628. The summed E-state index contributed by atoms with van der Waals surface area (Å²) in [6.45, 7) is 0. The number of anilines is 1. The number of phenols is 1. The number of carbonyl (C=O) groups excluding carboxylic acids is 1. The first-order chi connectivity index (χ1) is 8.99. The molecule has 6 heteroatoms. The Morgan fingerprint density at radius 2 is 2.05 bits per heavy atom. The highest BCUT2D eigenvalue weighted by Gasteiger charge is 2.16. The van der Waals surface area contributed by atoms with Gasteiger partial charge in [-0.25, -0.2) is 4.39 Å². The number of benzene rings is 2. The van der Waals surface area contributed by atoms with E-state index >= 15 is 0 Å². The zero-order valence-corrected chi connectivity index (χ0v) is 11.8. The summed E-state index contributed by atoms with van der Waals surface area (Å²) in [5, 5.41) is 12.4. The fourth-order valence-corrected chi connectivity index (χ4v) is 1.93. The van der Waals surface area contributed by atoms with E-state index in [9.17, 15) is 14.3 Å². The molecule has 0 unspecified atom stereocenters. The van der Waals surface area contributed by atoms with Crippen LogP contribution in [0.1, 0.15) is 10.4 Å². The minimum absolute atomic E-state index is 0.401. The van der Waals surface area contributed by atoms with Crippen molar-refractivity contribution in [2.24, 2.45) is 0 Å². The van der Waals surface area contributed by atoms with Crippen LogP contribution in [-0.2, 0) is 0 Å². The maximum absolute atomic E-state index is 13.5. The highest BCUT2D eigenvalue weighted by atomic mass is 79.9. The van der Waals surface area contributed by atoms with Gasteiger partial charge in [-0.15, -0.1) is 0 Å². The molecule has 0 aliphatic rings. The molecule has 0 atom stereocenters. The van der Waals surface area contributed by atoms with E-state index in [4.69, 9.17) is 11.6 Å². The predicted octanol–water partition coefficient (Wildman–Crippen LogP) is 4.20. The van der Waals surface area contributed by atoms with E-state index in [2.05, 4.69) is 21.2 Å². The van der Waals surface area contributed by atoms with Gasteiger partial charge < -0.3 is 10.4 Å². The van der Waals surface area contributed by atoms with Gasteiger partial charge in [0.05, 0.1) is 5.02 Å². The molecule has 0 aromatic heterocycles. The van der Waals surface area contributed by atoms with E-state index in [1.807, 2.05) is 0 Å². The molecule has 0 radical (unpaired) electrons. The number of rotatable bonds is 2. The maximum atomic E-state index is 13.5. The fourth-order valence-electron chi connectivity index (χ4n) is 1.51. The highest BCUT2D eigenvalue weighted by Crippen LogP contribution is 2.27. The van der Waals surface area contributed by atoms with Crippen molar-refractivity contribution in [1.82, 2.24) is 0 Å². The molecule has 3 nitrogen and oxygen atoms in total. The molecule has 2 N–H and O–H groups in total. The van der Waals surface area contributed by atoms with Gasteiger partial charge in [0.15, 0.2) is 0 Å². The average molecular weight is 345 g/mol. The lowest BCUT2D eigenvalue weighted by molar-refractivity contribution is 0.102. The molecule has 19 heavy (non-hydrogen) atoms. The second kappa shape index (κ2) is 5.59. The third kappa shape index (κ3) is 3.05. The van der Waals surface area contributed by atoms with Crippen LogP contribution in [0.15, 0.2) is 40.9 Å². The molecule has 0 saturated carbocycles. The Balaban J connectivity index is 2.28. The lowest BCUT2D eigenvalue weighted by Gasteiger charge is -2.08. The van der Waals surface area contributed by atoms with Crippen molar-refractivity contribution in [3.63, 3.8) is 0 Å². The van der Waals surface area contributed by atoms with Crippen molar-refractivity contribution in [3.8, 4) is 5.75 Å². The van der Waals surface area contributed by atoms with Gasteiger partial charge in [-0.3, -0.25) is 4.79 Å². The summed E-state index contributed by atoms with van der Waals surface area (Å²) in [4.78, 5) is 11.9. The number of amides is 1. The molecule has 0 heterocycles. The summed E-state index contributed by atoms with van der Waals surface area (Å²) >= 11 is 9.10. The van der Waals surface area contributed by atoms with Crippen molar-refractivity contribution in [3.05, 3.63) is 57.3 Å². The second-order valence-electron chi connectivity index (χ2n) is 3.72. The second-order valence-corrected chi connectivity index (χ2v) is 4.98. The molecular formula is C13H8BrClFNO2. The van der Waals surface area contributed by atoms with Crippen LogP contribution in [0.5, 0.6) is 5.75 Å². The van der Waals surface area contributed by atoms with Gasteiger partial charge in [0.1, 0.15) is 17.1 Å². The first kappa shape index (κ1) is 13.8. The number of hydrogen-bond acceptors (Lipinski definition) is 2. The molecule has 98 valence electrons. The zero-order chi connectivity index (χ0) is 14.0. The van der Waals surface area contributed by atoms with E-state index in [1.54, 1.807) is 12.1 Å². The van der Waals surface area contributed by atoms with Crippen molar-refractivity contribution in [2.45, 2.75) is 0 Å². The first-order valence-corrected chi connectivity index (χ1v) is 6.40. The normalized spacial score (nSPS) is 10.3. The summed E-state index contributed by atoms with van der Waals surface area (Å²) in [6, 6.07) is 8.43. The van der Waals surface area contributed by atoms with Crippen molar-refractivity contribution in [2.75, 3.05) is 5.32 Å². The quantitative estimate of drug-likeness (QED) is 0.858. The number of hydrogen-bond donors (Lipinski definition) is 2. The van der Waals surface area contributed by atoms with Crippen LogP contribution >= 0.6 is 27.5 Å². The molecular weight excluding hydrogens is 337 g/mol. The zero-order valence-electron chi connectivity index (χ0n) is 9.45. The molecule has 0 spiro atoms. The van der Waals surface area contributed by atoms with Crippen LogP contribution in [0.4, 0.5) is 10.1 Å². The average Bonchev–Trinajstić information content (AvgIpc) is 2.33. The van der Waals surface area contributed by atoms with E-state index in [1.165, 1.54) is 18.2 Å². The number of aromatic hydroxyl groups is 1. The van der Waals surface area contributed by atoms with E-state index in [0.717, 1.165) is 6.07 Å². The van der Waals surface area contributed by atoms with Gasteiger partial charge in [-0.1, -0.05) is 17.7 Å². The molecule has 2 aromatic rings. The minimum atomic E-state index is -0.791. The van der Waals surface area contributed by atoms with Crippen LogP contribution in [0.25, 0.3) is 0 Å². The van der Waals surface area contributed by atoms with Crippen molar-refractivity contribution in [1.29, 1.82) is 0 Å². The van der Waals surface area contributed by atoms with Crippen LogP contribution in [-0.4, -0.2) is 11.0 Å². The largest absolute Gasteiger partial charge is 0.507 e. The molecule has 0 aliphatic carbocycles. The Morgan fingerprint density at radius 3 is 2.68 bits per heavy atom. The molecule has 0 fully saturated rings. The summed E-state index contributed by atoms with van der Waals surface area (Å²) in [5.41, 5.74) is 0.00222. The van der Waals surface area contributed by atoms with Crippen LogP contribution in [0.3, 0.4) is 0 Å². The number of nitrogens with one attached hydrogen (secondary N) is 1. The summed E-state index contributed by atoms with van der Waals surface area (Å²) in [7, 11) is 0. The van der Waals surface area contributed by atoms with Gasteiger partial charge in [-0.2, -0.15) is 0 Å².